The topological polar surface area (TPSA) is 53.3 Å². The highest BCUT2D eigenvalue weighted by Crippen LogP contribution is 1.98. The Labute approximate surface area is 78.4 Å². The van der Waals surface area contributed by atoms with E-state index in [0.29, 0.717) is 6.61 Å². The maximum atomic E-state index is 11.1. The number of carbonyl (C=O) groups is 1. The maximum absolute atomic E-state index is 11.1. The van der Waals surface area contributed by atoms with Crippen molar-refractivity contribution < 1.29 is 9.53 Å². The minimum atomic E-state index is -0.557. The molecule has 0 aromatic carbocycles. The van der Waals surface area contributed by atoms with Crippen molar-refractivity contribution >= 4 is 5.97 Å². The Hall–Kier alpha value is -1.50. The average Bonchev–Trinajstić information content (AvgIpc) is 2.09. The van der Waals surface area contributed by atoms with Crippen molar-refractivity contribution in [3.8, 4) is 6.07 Å². The van der Waals surface area contributed by atoms with Crippen LogP contribution in [-0.2, 0) is 9.53 Å². The molecule has 0 aliphatic carbocycles. The monoisotopic (exact) mass is 182 g/mol. The fourth-order valence-electron chi connectivity index (χ4n) is 0.658. The summed E-state index contributed by atoms with van der Waals surface area (Å²) in [5.74, 6) is -0.557. The summed E-state index contributed by atoms with van der Waals surface area (Å²) >= 11 is 0. The summed E-state index contributed by atoms with van der Waals surface area (Å²) in [5, 5.41) is 8.60. The Morgan fingerprint density at radius 1 is 1.62 bits per heavy atom. The Morgan fingerprint density at radius 3 is 2.62 bits per heavy atom. The van der Waals surface area contributed by atoms with Gasteiger partial charge in [0.1, 0.15) is 6.07 Å². The lowest BCUT2D eigenvalue weighted by molar-refractivity contribution is -0.138. The third-order valence-corrected chi connectivity index (χ3v) is 1.16. The zero-order valence-electron chi connectivity index (χ0n) is 8.20. The van der Waals surface area contributed by atoms with E-state index < -0.39 is 5.97 Å². The molecule has 0 aromatic rings. The van der Waals surface area contributed by atoms with Gasteiger partial charge in [0.05, 0.1) is 6.61 Å². The summed E-state index contributed by atoms with van der Waals surface area (Å²) < 4.78 is 4.79. The standard InChI is InChI=1S/C9H14N2O2/c1-4-5-13-9(12)8(6-10)7-11(2)3/h7H,4-5H2,1-3H3. The van der Waals surface area contributed by atoms with Crippen molar-refractivity contribution in [1.29, 1.82) is 5.26 Å². The van der Waals surface area contributed by atoms with E-state index in [1.54, 1.807) is 25.1 Å². The van der Waals surface area contributed by atoms with Gasteiger partial charge in [-0.2, -0.15) is 5.26 Å². The molecule has 0 saturated heterocycles. The highest BCUT2D eigenvalue weighted by molar-refractivity contribution is 5.92. The molecule has 0 atom stereocenters. The molecule has 0 saturated carbocycles. The second-order valence-corrected chi connectivity index (χ2v) is 2.75. The van der Waals surface area contributed by atoms with Crippen molar-refractivity contribution in [3.05, 3.63) is 11.8 Å². The molecule has 0 fully saturated rings. The number of esters is 1. The predicted octanol–water partition coefficient (Wildman–Crippen LogP) is 0.909. The summed E-state index contributed by atoms with van der Waals surface area (Å²) in [6.07, 6.45) is 2.20. The molecule has 0 aromatic heterocycles. The number of nitrogens with zero attached hydrogens (tertiary/aromatic N) is 2. The van der Waals surface area contributed by atoms with Gasteiger partial charge in [-0.05, 0) is 6.42 Å². The molecule has 0 aliphatic rings. The van der Waals surface area contributed by atoms with Gasteiger partial charge in [0, 0.05) is 20.3 Å². The van der Waals surface area contributed by atoms with E-state index in [4.69, 9.17) is 10.00 Å². The zero-order valence-corrected chi connectivity index (χ0v) is 8.20. The van der Waals surface area contributed by atoms with Crippen LogP contribution >= 0.6 is 0 Å². The van der Waals surface area contributed by atoms with E-state index in [9.17, 15) is 4.79 Å². The number of ether oxygens (including phenoxy) is 1. The van der Waals surface area contributed by atoms with Gasteiger partial charge in [-0.1, -0.05) is 6.92 Å². The first-order chi connectivity index (χ1) is 6.11. The van der Waals surface area contributed by atoms with Crippen LogP contribution < -0.4 is 0 Å². The Morgan fingerprint density at radius 2 is 2.23 bits per heavy atom. The molecular formula is C9H14N2O2. The number of hydrogen-bond donors (Lipinski definition) is 0. The number of hydrogen-bond acceptors (Lipinski definition) is 4. The van der Waals surface area contributed by atoms with Gasteiger partial charge in [0.15, 0.2) is 5.57 Å². The molecule has 4 heteroatoms. The molecular weight excluding hydrogens is 168 g/mol. The number of carbonyl (C=O) groups excluding carboxylic acids is 1. The van der Waals surface area contributed by atoms with Crippen LogP contribution in [0.15, 0.2) is 11.8 Å². The lowest BCUT2D eigenvalue weighted by Gasteiger charge is -2.06. The van der Waals surface area contributed by atoms with Gasteiger partial charge in [0.2, 0.25) is 0 Å². The van der Waals surface area contributed by atoms with E-state index in [1.165, 1.54) is 6.20 Å². The number of rotatable bonds is 4. The normalized spacial score (nSPS) is 10.5. The van der Waals surface area contributed by atoms with Crippen LogP contribution in [0.3, 0.4) is 0 Å². The van der Waals surface area contributed by atoms with E-state index in [0.717, 1.165) is 6.42 Å². The van der Waals surface area contributed by atoms with E-state index in [2.05, 4.69) is 0 Å². The van der Waals surface area contributed by atoms with Crippen molar-refractivity contribution in [3.63, 3.8) is 0 Å². The molecule has 13 heavy (non-hydrogen) atoms. The first kappa shape index (κ1) is 11.5. The van der Waals surface area contributed by atoms with Crippen LogP contribution in [0.5, 0.6) is 0 Å². The first-order valence-electron chi connectivity index (χ1n) is 4.07. The van der Waals surface area contributed by atoms with Crippen LogP contribution in [0.2, 0.25) is 0 Å². The lowest BCUT2D eigenvalue weighted by Crippen LogP contribution is -2.11. The fraction of sp³-hybridized carbons (Fsp3) is 0.556. The molecule has 0 bridgehead atoms. The van der Waals surface area contributed by atoms with E-state index >= 15 is 0 Å². The highest BCUT2D eigenvalue weighted by atomic mass is 16.5. The second-order valence-electron chi connectivity index (χ2n) is 2.75. The van der Waals surface area contributed by atoms with Gasteiger partial charge in [-0.3, -0.25) is 0 Å². The SMILES string of the molecule is CCCOC(=O)C(C#N)=CN(C)C. The minimum absolute atomic E-state index is 0.0263. The van der Waals surface area contributed by atoms with Crippen LogP contribution in [0, 0.1) is 11.3 Å². The van der Waals surface area contributed by atoms with Gasteiger partial charge in [-0.15, -0.1) is 0 Å². The summed E-state index contributed by atoms with van der Waals surface area (Å²) in [5.41, 5.74) is 0.0263. The molecule has 4 nitrogen and oxygen atoms in total. The number of nitriles is 1. The van der Waals surface area contributed by atoms with Crippen molar-refractivity contribution in [2.45, 2.75) is 13.3 Å². The smallest absolute Gasteiger partial charge is 0.350 e. The maximum Gasteiger partial charge on any atom is 0.350 e. The molecule has 0 N–H and O–H groups in total. The van der Waals surface area contributed by atoms with E-state index in [1.807, 2.05) is 6.92 Å². The quantitative estimate of drug-likeness (QED) is 0.368. The first-order valence-corrected chi connectivity index (χ1v) is 4.07. The largest absolute Gasteiger partial charge is 0.462 e. The summed E-state index contributed by atoms with van der Waals surface area (Å²) in [6, 6.07) is 1.79. The third-order valence-electron chi connectivity index (χ3n) is 1.16. The molecule has 0 spiro atoms. The van der Waals surface area contributed by atoms with Crippen LogP contribution in [0.1, 0.15) is 13.3 Å². The molecule has 0 aliphatic heterocycles. The summed E-state index contributed by atoms with van der Waals surface area (Å²) in [7, 11) is 3.48. The second kappa shape index (κ2) is 6.06. The predicted molar refractivity (Wildman–Crippen MR) is 48.6 cm³/mol. The van der Waals surface area contributed by atoms with Gasteiger partial charge < -0.3 is 9.64 Å². The molecule has 72 valence electrons. The molecule has 0 rings (SSSR count). The van der Waals surface area contributed by atoms with E-state index in [-0.39, 0.29) is 5.57 Å². The molecule has 0 radical (unpaired) electrons. The van der Waals surface area contributed by atoms with Crippen LogP contribution in [-0.4, -0.2) is 31.6 Å². The molecule has 0 unspecified atom stereocenters. The van der Waals surface area contributed by atoms with Gasteiger partial charge >= 0.3 is 5.97 Å². The van der Waals surface area contributed by atoms with Crippen molar-refractivity contribution in [2.75, 3.05) is 20.7 Å². The average molecular weight is 182 g/mol. The van der Waals surface area contributed by atoms with Crippen molar-refractivity contribution in [2.24, 2.45) is 0 Å². The Kier molecular flexibility index (Phi) is 5.37. The summed E-state index contributed by atoms with van der Waals surface area (Å²) in [4.78, 5) is 12.8. The van der Waals surface area contributed by atoms with Crippen molar-refractivity contribution in [1.82, 2.24) is 4.90 Å². The van der Waals surface area contributed by atoms with Crippen LogP contribution in [0.25, 0.3) is 0 Å². The molecule has 0 amide bonds. The fourth-order valence-corrected chi connectivity index (χ4v) is 0.658. The van der Waals surface area contributed by atoms with Crippen LogP contribution in [0.4, 0.5) is 0 Å². The Balaban J connectivity index is 4.26. The lowest BCUT2D eigenvalue weighted by atomic mass is 10.3. The summed E-state index contributed by atoms with van der Waals surface area (Å²) in [6.45, 7) is 2.25. The zero-order chi connectivity index (χ0) is 10.3. The van der Waals surface area contributed by atoms with Gasteiger partial charge in [-0.25, -0.2) is 4.79 Å². The Bertz CT molecular complexity index is 238. The van der Waals surface area contributed by atoms with Gasteiger partial charge in [0.25, 0.3) is 0 Å². The third kappa shape index (κ3) is 4.86. The molecule has 0 heterocycles. The minimum Gasteiger partial charge on any atom is -0.462 e. The highest BCUT2D eigenvalue weighted by Gasteiger charge is 2.09.